The lowest BCUT2D eigenvalue weighted by molar-refractivity contribution is 0.150. The topological polar surface area (TPSA) is 36.0 Å². The van der Waals surface area contributed by atoms with E-state index in [1.54, 1.807) is 0 Å². The van der Waals surface area contributed by atoms with Gasteiger partial charge in [0.2, 0.25) is 0 Å². The van der Waals surface area contributed by atoms with Gasteiger partial charge >= 0.3 is 0 Å². The summed E-state index contributed by atoms with van der Waals surface area (Å²) in [5.41, 5.74) is 1.85. The summed E-state index contributed by atoms with van der Waals surface area (Å²) in [5.74, 6) is 0. The molecule has 1 heterocycles. The Balaban J connectivity index is 1.99. The monoisotopic (exact) mass is 265 g/mol. The summed E-state index contributed by atoms with van der Waals surface area (Å²) in [4.78, 5) is 3.34. The molecule has 1 aliphatic carbocycles. The van der Waals surface area contributed by atoms with Crippen LogP contribution in [-0.4, -0.2) is 15.7 Å². The summed E-state index contributed by atoms with van der Waals surface area (Å²) in [7, 11) is 0. The van der Waals surface area contributed by atoms with E-state index < -0.39 is 5.60 Å². The van der Waals surface area contributed by atoms with Gasteiger partial charge in [-0.3, -0.25) is 0 Å². The van der Waals surface area contributed by atoms with Crippen LogP contribution in [0.4, 0.5) is 0 Å². The summed E-state index contributed by atoms with van der Waals surface area (Å²) < 4.78 is 1.09. The lowest BCUT2D eigenvalue weighted by atomic mass is 10.1. The number of aromatic amines is 1. The number of nitrogens with one attached hydrogen (secondary N) is 1. The second kappa shape index (κ2) is 3.09. The summed E-state index contributed by atoms with van der Waals surface area (Å²) in [6.45, 7) is 0. The first kappa shape index (κ1) is 9.43. The van der Waals surface area contributed by atoms with Gasteiger partial charge in [-0.15, -0.1) is 0 Å². The predicted molar refractivity (Wildman–Crippen MR) is 63.9 cm³/mol. The fourth-order valence-electron chi connectivity index (χ4n) is 1.93. The third-order valence-electron chi connectivity index (χ3n) is 2.99. The third kappa shape index (κ3) is 1.82. The maximum absolute atomic E-state index is 9.83. The maximum atomic E-state index is 9.83. The lowest BCUT2D eigenvalue weighted by Crippen LogP contribution is -2.10. The summed E-state index contributed by atoms with van der Waals surface area (Å²) >= 11 is 3.45. The Kier molecular flexibility index (Phi) is 1.94. The minimum atomic E-state index is -0.419. The number of hydrogen-bond donors (Lipinski definition) is 2. The highest BCUT2D eigenvalue weighted by Gasteiger charge is 2.40. The Morgan fingerprint density at radius 1 is 1.33 bits per heavy atom. The zero-order valence-electron chi connectivity index (χ0n) is 8.26. The van der Waals surface area contributed by atoms with Gasteiger partial charge in [0.25, 0.3) is 0 Å². The van der Waals surface area contributed by atoms with Gasteiger partial charge in [0.15, 0.2) is 0 Å². The Labute approximate surface area is 96.4 Å². The zero-order chi connectivity index (χ0) is 10.5. The number of halogens is 1. The Morgan fingerprint density at radius 2 is 2.13 bits per heavy atom. The van der Waals surface area contributed by atoms with Crippen LogP contribution < -0.4 is 0 Å². The van der Waals surface area contributed by atoms with Gasteiger partial charge < -0.3 is 10.1 Å². The number of hydrogen-bond acceptors (Lipinski definition) is 1. The average molecular weight is 266 g/mol. The zero-order valence-corrected chi connectivity index (χ0v) is 9.84. The first-order valence-corrected chi connectivity index (χ1v) is 5.94. The Morgan fingerprint density at radius 3 is 2.87 bits per heavy atom. The predicted octanol–water partition coefficient (Wildman–Crippen LogP) is 3.00. The molecule has 1 aromatic carbocycles. The minimum absolute atomic E-state index is 0.419. The minimum Gasteiger partial charge on any atom is -0.389 e. The summed E-state index contributed by atoms with van der Waals surface area (Å²) in [6.07, 6.45) is 2.62. The molecule has 0 radical (unpaired) electrons. The Hall–Kier alpha value is -0.800. The van der Waals surface area contributed by atoms with Crippen LogP contribution in [-0.2, 0) is 6.42 Å². The molecule has 0 amide bonds. The number of benzene rings is 1. The summed E-state index contributed by atoms with van der Waals surface area (Å²) in [5, 5.41) is 11.0. The summed E-state index contributed by atoms with van der Waals surface area (Å²) in [6, 6.07) is 8.29. The van der Waals surface area contributed by atoms with Crippen LogP contribution in [0.3, 0.4) is 0 Å². The van der Waals surface area contributed by atoms with Crippen LogP contribution in [0.2, 0.25) is 0 Å². The molecule has 78 valence electrons. The van der Waals surface area contributed by atoms with Gasteiger partial charge in [-0.1, -0.05) is 15.9 Å². The molecular formula is C12H12BrNO. The van der Waals surface area contributed by atoms with E-state index in [1.807, 2.05) is 6.07 Å². The van der Waals surface area contributed by atoms with E-state index >= 15 is 0 Å². The van der Waals surface area contributed by atoms with Crippen LogP contribution >= 0.6 is 15.9 Å². The number of fused-ring (bicyclic) bond motifs is 1. The molecule has 2 N–H and O–H groups in total. The molecule has 15 heavy (non-hydrogen) atoms. The molecule has 0 spiro atoms. The molecule has 2 nitrogen and oxygen atoms in total. The van der Waals surface area contributed by atoms with Gasteiger partial charge in [-0.2, -0.15) is 0 Å². The van der Waals surface area contributed by atoms with E-state index in [0.717, 1.165) is 34.9 Å². The maximum Gasteiger partial charge on any atom is 0.0704 e. The van der Waals surface area contributed by atoms with Gasteiger partial charge in [0.05, 0.1) is 5.60 Å². The molecule has 0 aliphatic heterocycles. The standard InChI is InChI=1S/C12H12BrNO/c13-9-1-2-11-8(5-9)6-10(14-11)7-12(15)3-4-12/h1-2,5-6,14-15H,3-4,7H2. The number of rotatable bonds is 2. The fraction of sp³-hybridized carbons (Fsp3) is 0.333. The normalized spacial score (nSPS) is 18.3. The van der Waals surface area contributed by atoms with E-state index in [2.05, 4.69) is 39.1 Å². The van der Waals surface area contributed by atoms with Crippen molar-refractivity contribution in [3.63, 3.8) is 0 Å². The van der Waals surface area contributed by atoms with Crippen molar-refractivity contribution in [3.05, 3.63) is 34.4 Å². The molecule has 1 saturated carbocycles. The molecule has 0 unspecified atom stereocenters. The second-order valence-electron chi connectivity index (χ2n) is 4.43. The largest absolute Gasteiger partial charge is 0.389 e. The number of aliphatic hydroxyl groups is 1. The smallest absolute Gasteiger partial charge is 0.0704 e. The van der Waals surface area contributed by atoms with Gasteiger partial charge in [-0.05, 0) is 37.1 Å². The van der Waals surface area contributed by atoms with Crippen molar-refractivity contribution >= 4 is 26.8 Å². The average Bonchev–Trinajstić information content (AvgIpc) is 2.76. The van der Waals surface area contributed by atoms with E-state index in [0.29, 0.717) is 0 Å². The molecule has 3 rings (SSSR count). The van der Waals surface area contributed by atoms with Crippen LogP contribution in [0.25, 0.3) is 10.9 Å². The van der Waals surface area contributed by atoms with E-state index in [9.17, 15) is 5.11 Å². The van der Waals surface area contributed by atoms with Crippen LogP contribution in [0.1, 0.15) is 18.5 Å². The Bertz CT molecular complexity index is 513. The molecule has 2 aromatic rings. The van der Waals surface area contributed by atoms with E-state index in [4.69, 9.17) is 0 Å². The highest BCUT2D eigenvalue weighted by atomic mass is 79.9. The number of aromatic nitrogens is 1. The van der Waals surface area contributed by atoms with Crippen molar-refractivity contribution in [3.8, 4) is 0 Å². The highest BCUT2D eigenvalue weighted by Crippen LogP contribution is 2.38. The van der Waals surface area contributed by atoms with Crippen molar-refractivity contribution in [2.45, 2.75) is 24.9 Å². The fourth-order valence-corrected chi connectivity index (χ4v) is 2.31. The first-order chi connectivity index (χ1) is 7.15. The molecule has 1 aliphatic rings. The third-order valence-corrected chi connectivity index (χ3v) is 3.48. The molecule has 0 bridgehead atoms. The van der Waals surface area contributed by atoms with Crippen molar-refractivity contribution in [1.82, 2.24) is 4.98 Å². The molecular weight excluding hydrogens is 254 g/mol. The molecule has 0 atom stereocenters. The van der Waals surface area contributed by atoms with Crippen LogP contribution in [0.15, 0.2) is 28.7 Å². The van der Waals surface area contributed by atoms with Crippen molar-refractivity contribution in [2.24, 2.45) is 0 Å². The van der Waals surface area contributed by atoms with Gasteiger partial charge in [-0.25, -0.2) is 0 Å². The van der Waals surface area contributed by atoms with Gasteiger partial charge in [0.1, 0.15) is 0 Å². The van der Waals surface area contributed by atoms with E-state index in [1.165, 1.54) is 5.39 Å². The van der Waals surface area contributed by atoms with Crippen LogP contribution in [0.5, 0.6) is 0 Å². The van der Waals surface area contributed by atoms with E-state index in [-0.39, 0.29) is 0 Å². The number of H-pyrrole nitrogens is 1. The molecule has 1 aromatic heterocycles. The highest BCUT2D eigenvalue weighted by molar-refractivity contribution is 9.10. The molecule has 0 saturated heterocycles. The molecule has 3 heteroatoms. The van der Waals surface area contributed by atoms with Crippen molar-refractivity contribution < 1.29 is 5.11 Å². The molecule has 1 fully saturated rings. The SMILES string of the molecule is OC1(Cc2cc3cc(Br)ccc3[nH]2)CC1. The van der Waals surface area contributed by atoms with Crippen molar-refractivity contribution in [1.29, 1.82) is 0 Å². The second-order valence-corrected chi connectivity index (χ2v) is 5.34. The van der Waals surface area contributed by atoms with Crippen molar-refractivity contribution in [2.75, 3.05) is 0 Å². The van der Waals surface area contributed by atoms with Gasteiger partial charge in [0, 0.05) is 27.5 Å². The lowest BCUT2D eigenvalue weighted by Gasteiger charge is -2.03. The first-order valence-electron chi connectivity index (χ1n) is 5.14. The quantitative estimate of drug-likeness (QED) is 0.861. The van der Waals surface area contributed by atoms with Crippen LogP contribution in [0, 0.1) is 0 Å².